The SMILES string of the molecule is CN(C(=O)CC1CCNCC1)c1ccc2cc(-c3n[nH]c4c3CC3C(F)(F)C3(C)C4)[nH]c2c1. The molecule has 6 rings (SSSR count). The van der Waals surface area contributed by atoms with Crippen molar-refractivity contribution in [2.24, 2.45) is 17.3 Å². The third kappa shape index (κ3) is 3.14. The number of halogens is 2. The van der Waals surface area contributed by atoms with Crippen molar-refractivity contribution in [3.05, 3.63) is 35.5 Å². The lowest BCUT2D eigenvalue weighted by atomic mass is 9.87. The number of H-pyrrole nitrogens is 2. The molecule has 1 amide bonds. The highest BCUT2D eigenvalue weighted by atomic mass is 19.3. The molecule has 0 bridgehead atoms. The average Bonchev–Trinajstić information content (AvgIpc) is 3.21. The molecule has 2 atom stereocenters. The number of carbonyl (C=O) groups excluding carboxylic acids is 1. The number of nitrogens with zero attached hydrogens (tertiary/aromatic N) is 2. The molecular weight excluding hydrogens is 424 g/mol. The van der Waals surface area contributed by atoms with Gasteiger partial charge in [-0.25, -0.2) is 8.78 Å². The van der Waals surface area contributed by atoms with Gasteiger partial charge in [-0.3, -0.25) is 9.89 Å². The fourth-order valence-electron chi connectivity index (χ4n) is 5.90. The summed E-state index contributed by atoms with van der Waals surface area (Å²) in [5, 5.41) is 11.8. The fourth-order valence-corrected chi connectivity index (χ4v) is 5.90. The Hall–Kier alpha value is -2.74. The molecule has 1 aliphatic heterocycles. The van der Waals surface area contributed by atoms with E-state index in [2.05, 4.69) is 20.5 Å². The molecule has 6 nitrogen and oxygen atoms in total. The summed E-state index contributed by atoms with van der Waals surface area (Å²) in [7, 11) is 1.82. The Kier molecular flexibility index (Phi) is 4.50. The number of carbonyl (C=O) groups is 1. The summed E-state index contributed by atoms with van der Waals surface area (Å²) >= 11 is 0. The number of aromatic amines is 2. The molecule has 1 saturated heterocycles. The molecule has 8 heteroatoms. The second-order valence-electron chi connectivity index (χ2n) is 10.3. The van der Waals surface area contributed by atoms with Crippen LogP contribution in [0.4, 0.5) is 14.5 Å². The molecule has 3 aliphatic rings. The van der Waals surface area contributed by atoms with Crippen LogP contribution in [-0.2, 0) is 17.6 Å². The first kappa shape index (κ1) is 20.8. The van der Waals surface area contributed by atoms with Crippen LogP contribution in [-0.4, -0.2) is 47.1 Å². The minimum absolute atomic E-state index is 0.128. The molecule has 0 radical (unpaired) electrons. The number of benzene rings is 1. The van der Waals surface area contributed by atoms with Gasteiger partial charge in [0, 0.05) is 59.1 Å². The Balaban J connectivity index is 1.24. The summed E-state index contributed by atoms with van der Waals surface area (Å²) in [4.78, 5) is 18.0. The number of amides is 1. The zero-order valence-corrected chi connectivity index (χ0v) is 19.0. The highest BCUT2D eigenvalue weighted by Gasteiger charge is 2.78. The van der Waals surface area contributed by atoms with Gasteiger partial charge in [-0.2, -0.15) is 5.10 Å². The van der Waals surface area contributed by atoms with Crippen molar-refractivity contribution in [3.63, 3.8) is 0 Å². The van der Waals surface area contributed by atoms with Crippen molar-refractivity contribution in [2.75, 3.05) is 25.0 Å². The second kappa shape index (κ2) is 7.13. The third-order valence-electron chi connectivity index (χ3n) is 8.33. The van der Waals surface area contributed by atoms with Gasteiger partial charge in [0.25, 0.3) is 5.92 Å². The van der Waals surface area contributed by atoms with Crippen molar-refractivity contribution in [2.45, 2.75) is 45.0 Å². The Morgan fingerprint density at radius 3 is 2.82 bits per heavy atom. The first-order valence-corrected chi connectivity index (χ1v) is 11.8. The number of alkyl halides is 2. The van der Waals surface area contributed by atoms with Crippen LogP contribution in [0.3, 0.4) is 0 Å². The lowest BCUT2D eigenvalue weighted by molar-refractivity contribution is -0.119. The highest BCUT2D eigenvalue weighted by Crippen LogP contribution is 2.70. The van der Waals surface area contributed by atoms with E-state index >= 15 is 0 Å². The van der Waals surface area contributed by atoms with Crippen LogP contribution in [0.25, 0.3) is 22.3 Å². The van der Waals surface area contributed by atoms with Gasteiger partial charge in [0.1, 0.15) is 5.69 Å². The van der Waals surface area contributed by atoms with Gasteiger partial charge in [-0.15, -0.1) is 0 Å². The minimum Gasteiger partial charge on any atom is -0.353 e. The van der Waals surface area contributed by atoms with Gasteiger partial charge in [-0.05, 0) is 56.5 Å². The smallest absolute Gasteiger partial charge is 0.258 e. The number of fused-ring (bicyclic) bond motifs is 3. The number of hydrogen-bond donors (Lipinski definition) is 3. The number of rotatable bonds is 4. The van der Waals surface area contributed by atoms with E-state index in [0.29, 0.717) is 25.2 Å². The fraction of sp³-hybridized carbons (Fsp3) is 0.520. The standard InChI is InChI=1S/C25H29F2N5O/c1-24-13-20-17(12-21(24)25(24,26)27)23(31-30-20)19-10-15-3-4-16(11-18(15)29-19)32(2)22(33)9-14-5-7-28-8-6-14/h3-4,10-11,14,21,28-29H,5-9,12-13H2,1-2H3,(H,30,31). The maximum absolute atomic E-state index is 14.3. The molecule has 174 valence electrons. The normalized spacial score (nSPS) is 26.1. The second-order valence-corrected chi connectivity index (χ2v) is 10.3. The molecule has 3 aromatic rings. The van der Waals surface area contributed by atoms with E-state index in [-0.39, 0.29) is 5.91 Å². The van der Waals surface area contributed by atoms with Crippen LogP contribution in [0.5, 0.6) is 0 Å². The van der Waals surface area contributed by atoms with Crippen molar-refractivity contribution in [1.29, 1.82) is 0 Å². The van der Waals surface area contributed by atoms with Crippen molar-refractivity contribution >= 4 is 22.5 Å². The van der Waals surface area contributed by atoms with E-state index in [1.54, 1.807) is 11.8 Å². The van der Waals surface area contributed by atoms with Crippen molar-refractivity contribution in [1.82, 2.24) is 20.5 Å². The van der Waals surface area contributed by atoms with Gasteiger partial charge < -0.3 is 15.2 Å². The summed E-state index contributed by atoms with van der Waals surface area (Å²) in [5.74, 6) is -2.65. The van der Waals surface area contributed by atoms with Crippen LogP contribution in [0.15, 0.2) is 24.3 Å². The molecule has 3 heterocycles. The third-order valence-corrected chi connectivity index (χ3v) is 8.33. The number of nitrogens with one attached hydrogen (secondary N) is 3. The van der Waals surface area contributed by atoms with E-state index in [1.165, 1.54) is 0 Å². The molecule has 2 fully saturated rings. The summed E-state index contributed by atoms with van der Waals surface area (Å²) in [6.45, 7) is 3.63. The van der Waals surface area contributed by atoms with Gasteiger partial charge >= 0.3 is 0 Å². The number of aromatic nitrogens is 3. The minimum atomic E-state index is -2.61. The number of piperidine rings is 1. The molecule has 2 unspecified atom stereocenters. The van der Waals surface area contributed by atoms with Gasteiger partial charge in [-0.1, -0.05) is 13.0 Å². The van der Waals surface area contributed by atoms with Crippen LogP contribution < -0.4 is 10.2 Å². The Labute approximate surface area is 191 Å². The molecular formula is C25H29F2N5O. The molecule has 1 aromatic carbocycles. The topological polar surface area (TPSA) is 76.8 Å². The first-order chi connectivity index (χ1) is 15.8. The van der Waals surface area contributed by atoms with E-state index in [9.17, 15) is 13.6 Å². The Morgan fingerprint density at radius 1 is 1.24 bits per heavy atom. The van der Waals surface area contributed by atoms with E-state index in [1.807, 2.05) is 31.3 Å². The van der Waals surface area contributed by atoms with E-state index in [0.717, 1.165) is 65.2 Å². The van der Waals surface area contributed by atoms with Crippen LogP contribution in [0.1, 0.15) is 37.4 Å². The van der Waals surface area contributed by atoms with E-state index < -0.39 is 17.3 Å². The van der Waals surface area contributed by atoms with Gasteiger partial charge in [0.15, 0.2) is 0 Å². The Morgan fingerprint density at radius 2 is 2.03 bits per heavy atom. The van der Waals surface area contributed by atoms with Gasteiger partial charge in [0.2, 0.25) is 5.91 Å². The molecule has 2 aliphatic carbocycles. The summed E-state index contributed by atoms with van der Waals surface area (Å²) in [6, 6.07) is 7.93. The first-order valence-electron chi connectivity index (χ1n) is 11.8. The van der Waals surface area contributed by atoms with Gasteiger partial charge in [0.05, 0.1) is 5.69 Å². The van der Waals surface area contributed by atoms with E-state index in [4.69, 9.17) is 0 Å². The van der Waals surface area contributed by atoms with Crippen LogP contribution in [0.2, 0.25) is 0 Å². The maximum Gasteiger partial charge on any atom is 0.258 e. The van der Waals surface area contributed by atoms with Crippen LogP contribution in [0, 0.1) is 17.3 Å². The molecule has 1 saturated carbocycles. The molecule has 0 spiro atoms. The lowest BCUT2D eigenvalue weighted by Crippen LogP contribution is -2.33. The predicted octanol–water partition coefficient (Wildman–Crippen LogP) is 4.28. The number of hydrogen-bond acceptors (Lipinski definition) is 3. The van der Waals surface area contributed by atoms with Crippen molar-refractivity contribution < 1.29 is 13.6 Å². The maximum atomic E-state index is 14.3. The lowest BCUT2D eigenvalue weighted by Gasteiger charge is -2.25. The summed E-state index contributed by atoms with van der Waals surface area (Å²) < 4.78 is 28.6. The quantitative estimate of drug-likeness (QED) is 0.552. The van der Waals surface area contributed by atoms with Crippen molar-refractivity contribution in [3.8, 4) is 11.4 Å². The number of anilines is 1. The largest absolute Gasteiger partial charge is 0.353 e. The molecule has 2 aromatic heterocycles. The zero-order chi connectivity index (χ0) is 23.0. The van der Waals surface area contributed by atoms with Crippen LogP contribution >= 0.6 is 0 Å². The zero-order valence-electron chi connectivity index (χ0n) is 19.0. The highest BCUT2D eigenvalue weighted by molar-refractivity contribution is 5.96. The summed E-state index contributed by atoms with van der Waals surface area (Å²) in [5.41, 5.74) is 4.06. The molecule has 3 N–H and O–H groups in total. The molecule has 33 heavy (non-hydrogen) atoms. The Bertz CT molecular complexity index is 1240. The predicted molar refractivity (Wildman–Crippen MR) is 123 cm³/mol. The summed E-state index contributed by atoms with van der Waals surface area (Å²) in [6.07, 6.45) is 3.33. The monoisotopic (exact) mass is 453 g/mol. The average molecular weight is 454 g/mol.